The number of hydrogen-bond acceptors (Lipinski definition) is 5. The maximum Gasteiger partial charge on any atom is 0.309 e. The molecular formula is C14H16O5. The number of Topliss-reactive ketones (excluding diaryl/α,β-unsaturated/α-hetero) is 1. The molecule has 1 saturated carbocycles. The van der Waals surface area contributed by atoms with Crippen molar-refractivity contribution < 1.29 is 23.9 Å². The van der Waals surface area contributed by atoms with Crippen LogP contribution >= 0.6 is 0 Å². The van der Waals surface area contributed by atoms with Gasteiger partial charge in [-0.1, -0.05) is 11.6 Å². The van der Waals surface area contributed by atoms with Gasteiger partial charge < -0.3 is 9.47 Å². The van der Waals surface area contributed by atoms with Gasteiger partial charge in [-0.05, 0) is 13.3 Å². The Labute approximate surface area is 110 Å². The van der Waals surface area contributed by atoms with Crippen LogP contribution in [0.25, 0.3) is 0 Å². The molecule has 0 amide bonds. The van der Waals surface area contributed by atoms with Crippen LogP contribution in [0, 0.1) is 17.8 Å². The highest BCUT2D eigenvalue weighted by Gasteiger charge is 2.63. The van der Waals surface area contributed by atoms with Crippen LogP contribution in [-0.4, -0.2) is 30.4 Å². The number of carbonyl (C=O) groups is 3. The Morgan fingerprint density at radius 2 is 2.21 bits per heavy atom. The lowest BCUT2D eigenvalue weighted by Crippen LogP contribution is -2.59. The summed E-state index contributed by atoms with van der Waals surface area (Å²) in [6, 6.07) is 0. The second-order valence-electron chi connectivity index (χ2n) is 5.58. The number of allylic oxidation sites excluding steroid dienone is 1. The van der Waals surface area contributed by atoms with Crippen LogP contribution < -0.4 is 0 Å². The zero-order valence-corrected chi connectivity index (χ0v) is 11.0. The summed E-state index contributed by atoms with van der Waals surface area (Å²) in [5, 5.41) is 0. The summed E-state index contributed by atoms with van der Waals surface area (Å²) in [6.45, 7) is 1.94. The molecule has 4 atom stereocenters. The number of carbonyl (C=O) groups excluding carboxylic acids is 3. The van der Waals surface area contributed by atoms with Crippen molar-refractivity contribution in [2.24, 2.45) is 17.8 Å². The van der Waals surface area contributed by atoms with Gasteiger partial charge in [0.2, 0.25) is 0 Å². The van der Waals surface area contributed by atoms with Crippen LogP contribution in [0.2, 0.25) is 0 Å². The lowest BCUT2D eigenvalue weighted by atomic mass is 9.57. The average Bonchev–Trinajstić information content (AvgIpc) is 2.77. The van der Waals surface area contributed by atoms with Crippen LogP contribution in [0.1, 0.15) is 26.2 Å². The number of esters is 2. The summed E-state index contributed by atoms with van der Waals surface area (Å²) in [4.78, 5) is 35.8. The molecule has 0 aromatic carbocycles. The number of ether oxygens (including phenoxy) is 2. The minimum atomic E-state index is -1.01. The van der Waals surface area contributed by atoms with Gasteiger partial charge in [-0.25, -0.2) is 0 Å². The molecule has 1 aliphatic heterocycles. The zero-order valence-electron chi connectivity index (χ0n) is 11.0. The van der Waals surface area contributed by atoms with Crippen LogP contribution in [0.3, 0.4) is 0 Å². The minimum Gasteiger partial charge on any atom is -0.469 e. The van der Waals surface area contributed by atoms with E-state index in [9.17, 15) is 14.4 Å². The van der Waals surface area contributed by atoms with E-state index in [0.29, 0.717) is 12.8 Å². The molecule has 2 bridgehead atoms. The lowest BCUT2D eigenvalue weighted by Gasteiger charge is -2.48. The highest BCUT2D eigenvalue weighted by Crippen LogP contribution is 2.53. The van der Waals surface area contributed by atoms with Gasteiger partial charge in [-0.15, -0.1) is 0 Å². The number of ketones is 1. The van der Waals surface area contributed by atoms with E-state index in [1.54, 1.807) is 0 Å². The Hall–Kier alpha value is -1.65. The van der Waals surface area contributed by atoms with Gasteiger partial charge in [-0.2, -0.15) is 0 Å². The zero-order chi connectivity index (χ0) is 13.8. The molecule has 0 aromatic rings. The first-order valence-electron chi connectivity index (χ1n) is 6.52. The van der Waals surface area contributed by atoms with E-state index in [4.69, 9.17) is 9.47 Å². The van der Waals surface area contributed by atoms with Crippen molar-refractivity contribution in [2.45, 2.75) is 31.8 Å². The molecule has 3 aliphatic carbocycles. The first-order chi connectivity index (χ1) is 8.99. The van der Waals surface area contributed by atoms with E-state index in [2.05, 4.69) is 0 Å². The molecule has 0 N–H and O–H groups in total. The maximum absolute atomic E-state index is 12.6. The van der Waals surface area contributed by atoms with E-state index in [0.717, 1.165) is 5.57 Å². The van der Waals surface area contributed by atoms with Gasteiger partial charge in [-0.3, -0.25) is 14.4 Å². The van der Waals surface area contributed by atoms with Crippen molar-refractivity contribution in [1.29, 1.82) is 0 Å². The second kappa shape index (κ2) is 3.92. The summed E-state index contributed by atoms with van der Waals surface area (Å²) in [6.07, 6.45) is 3.09. The third kappa shape index (κ3) is 1.50. The molecule has 1 heterocycles. The lowest BCUT2D eigenvalue weighted by molar-refractivity contribution is -0.174. The first-order valence-corrected chi connectivity index (χ1v) is 6.52. The molecule has 5 nitrogen and oxygen atoms in total. The molecule has 102 valence electrons. The van der Waals surface area contributed by atoms with Crippen molar-refractivity contribution in [3.63, 3.8) is 0 Å². The molecule has 0 unspecified atom stereocenters. The van der Waals surface area contributed by atoms with Gasteiger partial charge in [0.15, 0.2) is 11.4 Å². The summed E-state index contributed by atoms with van der Waals surface area (Å²) >= 11 is 0. The molecule has 4 rings (SSSR count). The summed E-state index contributed by atoms with van der Waals surface area (Å²) < 4.78 is 10.2. The van der Waals surface area contributed by atoms with Crippen molar-refractivity contribution in [3.05, 3.63) is 11.6 Å². The van der Waals surface area contributed by atoms with Crippen LogP contribution in [0.5, 0.6) is 0 Å². The highest BCUT2D eigenvalue weighted by atomic mass is 16.6. The van der Waals surface area contributed by atoms with E-state index >= 15 is 0 Å². The van der Waals surface area contributed by atoms with E-state index in [-0.39, 0.29) is 30.1 Å². The Morgan fingerprint density at radius 3 is 2.79 bits per heavy atom. The Bertz CT molecular complexity index is 506. The third-order valence-electron chi connectivity index (χ3n) is 4.70. The Kier molecular flexibility index (Phi) is 2.56. The normalized spacial score (nSPS) is 40.3. The van der Waals surface area contributed by atoms with Gasteiger partial charge in [0.05, 0.1) is 18.9 Å². The quantitative estimate of drug-likeness (QED) is 0.522. The molecule has 0 radical (unpaired) electrons. The van der Waals surface area contributed by atoms with Gasteiger partial charge >= 0.3 is 11.9 Å². The summed E-state index contributed by atoms with van der Waals surface area (Å²) in [5.74, 6) is -1.93. The molecule has 19 heavy (non-hydrogen) atoms. The van der Waals surface area contributed by atoms with Gasteiger partial charge in [0, 0.05) is 18.8 Å². The Morgan fingerprint density at radius 1 is 1.47 bits per heavy atom. The number of fused-ring (bicyclic) bond motifs is 1. The SMILES string of the molecule is COC(=O)[C@@H]1C[C@@H]2C(C)=C[C@H]1C(=O)[C@@]21CCC(=O)O1. The van der Waals surface area contributed by atoms with Gasteiger partial charge in [0.1, 0.15) is 0 Å². The first kappa shape index (κ1) is 12.4. The smallest absolute Gasteiger partial charge is 0.309 e. The highest BCUT2D eigenvalue weighted by molar-refractivity contribution is 6.00. The average molecular weight is 264 g/mol. The molecular weight excluding hydrogens is 248 g/mol. The fourth-order valence-corrected chi connectivity index (χ4v) is 3.78. The van der Waals surface area contributed by atoms with Crippen LogP contribution in [0.4, 0.5) is 0 Å². The largest absolute Gasteiger partial charge is 0.469 e. The predicted octanol–water partition coefficient (Wildman–Crippen LogP) is 1.02. The van der Waals surface area contributed by atoms with E-state index in [1.165, 1.54) is 7.11 Å². The van der Waals surface area contributed by atoms with E-state index < -0.39 is 17.4 Å². The standard InChI is InChI=1S/C14H16O5/c1-7-5-8-9(13(17)18-2)6-10(7)14(12(8)16)4-3-11(15)19-14/h5,8-10H,3-4,6H2,1-2H3/t8-,9-,10-,14-/m1/s1. The fraction of sp³-hybridized carbons (Fsp3) is 0.643. The number of methoxy groups -OCH3 is 1. The Balaban J connectivity index is 2.00. The van der Waals surface area contributed by atoms with Crippen LogP contribution in [0.15, 0.2) is 11.6 Å². The predicted molar refractivity (Wildman–Crippen MR) is 63.9 cm³/mol. The maximum atomic E-state index is 12.6. The molecule has 1 spiro atoms. The summed E-state index contributed by atoms with van der Waals surface area (Å²) in [5.41, 5.74) is 0.0323. The molecule has 2 fully saturated rings. The van der Waals surface area contributed by atoms with Gasteiger partial charge in [0.25, 0.3) is 0 Å². The van der Waals surface area contributed by atoms with Crippen LogP contribution in [-0.2, 0) is 23.9 Å². The third-order valence-corrected chi connectivity index (χ3v) is 4.70. The molecule has 0 aromatic heterocycles. The van der Waals surface area contributed by atoms with Crippen molar-refractivity contribution in [3.8, 4) is 0 Å². The monoisotopic (exact) mass is 264 g/mol. The van der Waals surface area contributed by atoms with Crippen molar-refractivity contribution in [2.75, 3.05) is 7.11 Å². The fourth-order valence-electron chi connectivity index (χ4n) is 3.78. The van der Waals surface area contributed by atoms with E-state index in [1.807, 2.05) is 13.0 Å². The molecule has 4 aliphatic rings. The number of rotatable bonds is 1. The number of hydrogen-bond donors (Lipinski definition) is 0. The van der Waals surface area contributed by atoms with Crippen molar-refractivity contribution >= 4 is 17.7 Å². The topological polar surface area (TPSA) is 69.7 Å². The second-order valence-corrected chi connectivity index (χ2v) is 5.58. The molecule has 5 heteroatoms. The summed E-state index contributed by atoms with van der Waals surface area (Å²) in [7, 11) is 1.33. The molecule has 1 saturated heterocycles. The van der Waals surface area contributed by atoms with Crippen molar-refractivity contribution in [1.82, 2.24) is 0 Å². The minimum absolute atomic E-state index is 0.129.